The van der Waals surface area contributed by atoms with Crippen LogP contribution < -0.4 is 10.2 Å². The van der Waals surface area contributed by atoms with Crippen molar-refractivity contribution in [3.63, 3.8) is 0 Å². The molecular weight excluding hydrogens is 368 g/mol. The maximum absolute atomic E-state index is 12.5. The van der Waals surface area contributed by atoms with Crippen molar-refractivity contribution in [1.82, 2.24) is 0 Å². The van der Waals surface area contributed by atoms with Gasteiger partial charge in [0.15, 0.2) is 0 Å². The van der Waals surface area contributed by atoms with Gasteiger partial charge in [0.05, 0.1) is 5.69 Å². The topological polar surface area (TPSA) is 49.4 Å². The SMILES string of the molecule is CCCCCCSc1cc(NC(C)=O)ccc1N(CC1CCCCC1)C(C)=O. The van der Waals surface area contributed by atoms with Gasteiger partial charge in [0.25, 0.3) is 0 Å². The zero-order valence-corrected chi connectivity index (χ0v) is 18.6. The third-order valence-electron chi connectivity index (χ3n) is 5.37. The van der Waals surface area contributed by atoms with Gasteiger partial charge in [-0.25, -0.2) is 0 Å². The molecule has 0 atom stereocenters. The van der Waals surface area contributed by atoms with Gasteiger partial charge in [0.1, 0.15) is 0 Å². The van der Waals surface area contributed by atoms with Gasteiger partial charge in [-0.2, -0.15) is 0 Å². The summed E-state index contributed by atoms with van der Waals surface area (Å²) < 4.78 is 0. The van der Waals surface area contributed by atoms with E-state index in [0.717, 1.165) is 28.6 Å². The Kier molecular flexibility index (Phi) is 9.89. The number of hydrogen-bond donors (Lipinski definition) is 1. The van der Waals surface area contributed by atoms with Gasteiger partial charge < -0.3 is 10.2 Å². The minimum atomic E-state index is -0.0720. The van der Waals surface area contributed by atoms with E-state index >= 15 is 0 Å². The van der Waals surface area contributed by atoms with E-state index in [2.05, 4.69) is 12.2 Å². The van der Waals surface area contributed by atoms with Crippen molar-refractivity contribution in [3.8, 4) is 0 Å². The molecule has 0 saturated heterocycles. The molecule has 1 aromatic rings. The predicted molar refractivity (Wildman–Crippen MR) is 120 cm³/mol. The largest absolute Gasteiger partial charge is 0.326 e. The van der Waals surface area contributed by atoms with Gasteiger partial charge in [0.2, 0.25) is 11.8 Å². The molecule has 1 aliphatic rings. The molecule has 0 aromatic heterocycles. The molecule has 0 aliphatic heterocycles. The van der Waals surface area contributed by atoms with Crippen LogP contribution in [0.2, 0.25) is 0 Å². The van der Waals surface area contributed by atoms with Gasteiger partial charge in [-0.05, 0) is 49.1 Å². The highest BCUT2D eigenvalue weighted by Gasteiger charge is 2.22. The Morgan fingerprint density at radius 2 is 1.86 bits per heavy atom. The number of amides is 2. The van der Waals surface area contributed by atoms with E-state index in [1.54, 1.807) is 18.7 Å². The quantitative estimate of drug-likeness (QED) is 0.370. The minimum Gasteiger partial charge on any atom is -0.326 e. The van der Waals surface area contributed by atoms with Crippen LogP contribution in [0.15, 0.2) is 23.1 Å². The second kappa shape index (κ2) is 12.2. The molecule has 1 saturated carbocycles. The molecule has 28 heavy (non-hydrogen) atoms. The average molecular weight is 405 g/mol. The molecule has 2 rings (SSSR count). The Hall–Kier alpha value is -1.49. The Balaban J connectivity index is 2.18. The van der Waals surface area contributed by atoms with Crippen LogP contribution in [0.5, 0.6) is 0 Å². The number of unbranched alkanes of at least 4 members (excludes halogenated alkanes) is 3. The first-order valence-electron chi connectivity index (χ1n) is 10.8. The third-order valence-corrected chi connectivity index (χ3v) is 6.50. The Labute approximate surface area is 174 Å². The standard InChI is InChI=1S/C23H36N2O2S/c1-4-5-6-10-15-28-23-16-21(24-18(2)26)13-14-22(23)25(19(3)27)17-20-11-8-7-9-12-20/h13-14,16,20H,4-12,15,17H2,1-3H3,(H,24,26). The van der Waals surface area contributed by atoms with Crippen LogP contribution in [0.1, 0.15) is 78.6 Å². The maximum atomic E-state index is 12.5. The lowest BCUT2D eigenvalue weighted by atomic mass is 9.89. The average Bonchev–Trinajstić information content (AvgIpc) is 2.67. The van der Waals surface area contributed by atoms with Crippen LogP contribution in [0.25, 0.3) is 0 Å². The smallest absolute Gasteiger partial charge is 0.223 e. The predicted octanol–water partition coefficient (Wildman–Crippen LogP) is 6.25. The summed E-state index contributed by atoms with van der Waals surface area (Å²) in [4.78, 5) is 27.0. The van der Waals surface area contributed by atoms with E-state index in [1.165, 1.54) is 64.7 Å². The van der Waals surface area contributed by atoms with Crippen LogP contribution in [0.4, 0.5) is 11.4 Å². The Morgan fingerprint density at radius 1 is 1.11 bits per heavy atom. The van der Waals surface area contributed by atoms with Crippen LogP contribution in [0, 0.1) is 5.92 Å². The number of carbonyl (C=O) groups is 2. The third kappa shape index (κ3) is 7.50. The van der Waals surface area contributed by atoms with Gasteiger partial charge in [-0.3, -0.25) is 9.59 Å². The summed E-state index contributed by atoms with van der Waals surface area (Å²) in [5, 5.41) is 2.88. The summed E-state index contributed by atoms with van der Waals surface area (Å²) in [5.74, 6) is 1.66. The van der Waals surface area contributed by atoms with Crippen molar-refractivity contribution in [2.75, 3.05) is 22.5 Å². The summed E-state index contributed by atoms with van der Waals surface area (Å²) >= 11 is 1.80. The van der Waals surface area contributed by atoms with E-state index in [4.69, 9.17) is 0 Å². The Bertz CT molecular complexity index is 641. The van der Waals surface area contributed by atoms with Crippen molar-refractivity contribution in [2.24, 2.45) is 5.92 Å². The zero-order chi connectivity index (χ0) is 20.4. The number of thioether (sulfide) groups is 1. The van der Waals surface area contributed by atoms with Crippen molar-refractivity contribution >= 4 is 35.0 Å². The maximum Gasteiger partial charge on any atom is 0.223 e. The molecule has 0 spiro atoms. The lowest BCUT2D eigenvalue weighted by molar-refractivity contribution is -0.117. The highest BCUT2D eigenvalue weighted by Crippen LogP contribution is 2.35. The summed E-state index contributed by atoms with van der Waals surface area (Å²) in [7, 11) is 0. The van der Waals surface area contributed by atoms with E-state index in [9.17, 15) is 9.59 Å². The van der Waals surface area contributed by atoms with E-state index in [0.29, 0.717) is 5.92 Å². The number of benzene rings is 1. The van der Waals surface area contributed by atoms with Crippen molar-refractivity contribution < 1.29 is 9.59 Å². The van der Waals surface area contributed by atoms with E-state index in [1.807, 2.05) is 23.1 Å². The number of nitrogens with one attached hydrogen (secondary N) is 1. The number of rotatable bonds is 10. The molecular formula is C23H36N2O2S. The first-order chi connectivity index (χ1) is 13.5. The molecule has 0 heterocycles. The van der Waals surface area contributed by atoms with Crippen LogP contribution >= 0.6 is 11.8 Å². The molecule has 2 amide bonds. The number of anilines is 2. The fourth-order valence-corrected chi connectivity index (χ4v) is 4.97. The molecule has 0 radical (unpaired) electrons. The van der Waals surface area contributed by atoms with Gasteiger partial charge in [0, 0.05) is 31.0 Å². The lowest BCUT2D eigenvalue weighted by Crippen LogP contribution is -2.34. The summed E-state index contributed by atoms with van der Waals surface area (Å²) in [5.41, 5.74) is 1.79. The van der Waals surface area contributed by atoms with Crippen LogP contribution in [-0.2, 0) is 9.59 Å². The first kappa shape index (κ1) is 22.8. The van der Waals surface area contributed by atoms with E-state index in [-0.39, 0.29) is 11.8 Å². The molecule has 0 unspecified atom stereocenters. The molecule has 1 aromatic carbocycles. The number of hydrogen-bond acceptors (Lipinski definition) is 3. The zero-order valence-electron chi connectivity index (χ0n) is 17.8. The van der Waals surface area contributed by atoms with Crippen molar-refractivity contribution in [1.29, 1.82) is 0 Å². The monoisotopic (exact) mass is 404 g/mol. The van der Waals surface area contributed by atoms with E-state index < -0.39 is 0 Å². The second-order valence-electron chi connectivity index (χ2n) is 7.91. The summed E-state index contributed by atoms with van der Waals surface area (Å²) in [6.45, 7) is 6.22. The number of nitrogens with zero attached hydrogens (tertiary/aromatic N) is 1. The van der Waals surface area contributed by atoms with Crippen molar-refractivity contribution in [3.05, 3.63) is 18.2 Å². The Morgan fingerprint density at radius 3 is 2.50 bits per heavy atom. The van der Waals surface area contributed by atoms with Gasteiger partial charge >= 0.3 is 0 Å². The summed E-state index contributed by atoms with van der Waals surface area (Å²) in [6, 6.07) is 5.94. The summed E-state index contributed by atoms with van der Waals surface area (Å²) in [6.07, 6.45) is 11.2. The molecule has 1 fully saturated rings. The fourth-order valence-electron chi connectivity index (χ4n) is 3.87. The number of carbonyl (C=O) groups excluding carboxylic acids is 2. The van der Waals surface area contributed by atoms with Gasteiger partial charge in [-0.15, -0.1) is 11.8 Å². The van der Waals surface area contributed by atoms with Crippen LogP contribution in [-0.4, -0.2) is 24.1 Å². The molecule has 1 aliphatic carbocycles. The first-order valence-corrected chi connectivity index (χ1v) is 11.8. The fraction of sp³-hybridized carbons (Fsp3) is 0.652. The van der Waals surface area contributed by atoms with Gasteiger partial charge in [-0.1, -0.05) is 45.4 Å². The van der Waals surface area contributed by atoms with Crippen molar-refractivity contribution in [2.45, 2.75) is 83.5 Å². The minimum absolute atomic E-state index is 0.0720. The molecule has 5 heteroatoms. The molecule has 4 nitrogen and oxygen atoms in total. The molecule has 0 bridgehead atoms. The molecule has 156 valence electrons. The highest BCUT2D eigenvalue weighted by atomic mass is 32.2. The highest BCUT2D eigenvalue weighted by molar-refractivity contribution is 7.99. The lowest BCUT2D eigenvalue weighted by Gasteiger charge is -2.30. The molecule has 1 N–H and O–H groups in total. The normalized spacial score (nSPS) is 14.7. The second-order valence-corrected chi connectivity index (χ2v) is 9.04. The van der Waals surface area contributed by atoms with Crippen LogP contribution in [0.3, 0.4) is 0 Å².